The van der Waals surface area contributed by atoms with Gasteiger partial charge in [0.1, 0.15) is 0 Å². The second kappa shape index (κ2) is 4.78. The first kappa shape index (κ1) is 14.0. The van der Waals surface area contributed by atoms with Gasteiger partial charge in [-0.25, -0.2) is 12.9 Å². The minimum Gasteiger partial charge on any atom is -0.294 e. The molecule has 3 heterocycles. The third kappa shape index (κ3) is 2.28. The highest BCUT2D eigenvalue weighted by Crippen LogP contribution is 2.28. The number of hydrogen-bond donors (Lipinski definition) is 0. The van der Waals surface area contributed by atoms with Crippen LogP contribution in [-0.4, -0.2) is 37.8 Å². The topological polar surface area (TPSA) is 95.0 Å². The van der Waals surface area contributed by atoms with Crippen molar-refractivity contribution in [2.24, 2.45) is 0 Å². The molecule has 0 saturated heterocycles. The second-order valence-electron chi connectivity index (χ2n) is 4.67. The molecule has 0 radical (unpaired) electrons. The zero-order valence-electron chi connectivity index (χ0n) is 11.2. The molecule has 0 aliphatic carbocycles. The molecule has 0 atom stereocenters. The van der Waals surface area contributed by atoms with E-state index in [1.54, 1.807) is 29.3 Å². The van der Waals surface area contributed by atoms with E-state index in [9.17, 15) is 8.42 Å². The fourth-order valence-electron chi connectivity index (χ4n) is 2.10. The smallest absolute Gasteiger partial charge is 0.294 e. The summed E-state index contributed by atoms with van der Waals surface area (Å²) in [4.78, 5) is 4.04. The first-order valence-corrected chi connectivity index (χ1v) is 8.38. The second-order valence-corrected chi connectivity index (χ2v) is 7.13. The molecule has 0 fully saturated rings. The fourth-order valence-corrected chi connectivity index (χ4v) is 3.09. The molecule has 0 aliphatic heterocycles. The van der Waals surface area contributed by atoms with E-state index in [0.717, 1.165) is 0 Å². The highest BCUT2D eigenvalue weighted by atomic mass is 35.7. The van der Waals surface area contributed by atoms with E-state index in [1.165, 1.54) is 4.57 Å². The molecule has 10 heteroatoms. The molecule has 0 spiro atoms. The van der Waals surface area contributed by atoms with Gasteiger partial charge in [0.2, 0.25) is 0 Å². The Morgan fingerprint density at radius 3 is 2.67 bits per heavy atom. The maximum absolute atomic E-state index is 11.6. The Hall–Kier alpha value is -2.00. The summed E-state index contributed by atoms with van der Waals surface area (Å²) in [5.74, 6) is 0.382. The molecule has 0 unspecified atom stereocenters. The van der Waals surface area contributed by atoms with E-state index in [4.69, 9.17) is 10.7 Å². The molecule has 0 bridgehead atoms. The first-order chi connectivity index (χ1) is 9.89. The Morgan fingerprint density at radius 2 is 2.00 bits per heavy atom. The predicted octanol–water partition coefficient (Wildman–Crippen LogP) is 1.50. The summed E-state index contributed by atoms with van der Waals surface area (Å²) < 4.78 is 26.3. The zero-order valence-corrected chi connectivity index (χ0v) is 12.7. The Labute approximate surface area is 124 Å². The third-order valence-electron chi connectivity index (χ3n) is 2.96. The molecule has 3 aromatic rings. The van der Waals surface area contributed by atoms with Gasteiger partial charge in [-0.3, -0.25) is 9.55 Å². The lowest BCUT2D eigenvalue weighted by atomic mass is 10.2. The van der Waals surface area contributed by atoms with Gasteiger partial charge in [0.25, 0.3) is 14.2 Å². The summed E-state index contributed by atoms with van der Waals surface area (Å²) >= 11 is 0. The molecule has 0 amide bonds. The summed E-state index contributed by atoms with van der Waals surface area (Å²) in [6.45, 7) is 3.64. The lowest BCUT2D eigenvalue weighted by Crippen LogP contribution is -2.10. The number of halogens is 1. The molecule has 0 aliphatic rings. The van der Waals surface area contributed by atoms with Gasteiger partial charge in [-0.2, -0.15) is 5.10 Å². The van der Waals surface area contributed by atoms with Crippen LogP contribution in [0.2, 0.25) is 0 Å². The van der Waals surface area contributed by atoms with Crippen molar-refractivity contribution in [2.45, 2.75) is 25.0 Å². The molecular weight excluding hydrogens is 316 g/mol. The average molecular weight is 327 g/mol. The number of hydrogen-bond acceptors (Lipinski definition) is 6. The summed E-state index contributed by atoms with van der Waals surface area (Å²) in [7, 11) is 1.43. The average Bonchev–Trinajstić information content (AvgIpc) is 3.01. The van der Waals surface area contributed by atoms with E-state index < -0.39 is 9.05 Å². The Balaban J connectivity index is 2.31. The third-order valence-corrected chi connectivity index (χ3v) is 4.09. The summed E-state index contributed by atoms with van der Waals surface area (Å²) in [5.41, 5.74) is 1.33. The molecule has 110 valence electrons. The van der Waals surface area contributed by atoms with Crippen LogP contribution < -0.4 is 0 Å². The van der Waals surface area contributed by atoms with Crippen LogP contribution in [0.5, 0.6) is 0 Å². The van der Waals surface area contributed by atoms with Crippen molar-refractivity contribution in [3.05, 3.63) is 24.8 Å². The van der Waals surface area contributed by atoms with Gasteiger partial charge in [-0.15, -0.1) is 10.2 Å². The van der Waals surface area contributed by atoms with Crippen molar-refractivity contribution in [1.29, 1.82) is 0 Å². The van der Waals surface area contributed by atoms with Crippen LogP contribution in [0.15, 0.2) is 29.9 Å². The van der Waals surface area contributed by atoms with Gasteiger partial charge in [-0.1, -0.05) is 0 Å². The highest BCUT2D eigenvalue weighted by molar-refractivity contribution is 8.13. The molecule has 0 saturated carbocycles. The van der Waals surface area contributed by atoms with Gasteiger partial charge in [0.15, 0.2) is 5.82 Å². The number of rotatable bonds is 3. The van der Waals surface area contributed by atoms with Crippen LogP contribution in [0, 0.1) is 0 Å². The monoisotopic (exact) mass is 326 g/mol. The first-order valence-electron chi connectivity index (χ1n) is 6.07. The van der Waals surface area contributed by atoms with Crippen LogP contribution in [-0.2, 0) is 9.05 Å². The van der Waals surface area contributed by atoms with E-state index in [0.29, 0.717) is 16.9 Å². The van der Waals surface area contributed by atoms with Crippen LogP contribution in [0.3, 0.4) is 0 Å². The molecule has 21 heavy (non-hydrogen) atoms. The van der Waals surface area contributed by atoms with Crippen molar-refractivity contribution in [1.82, 2.24) is 29.4 Å². The Bertz CT molecular complexity index is 914. The molecule has 3 aromatic heterocycles. The number of fused-ring (bicyclic) bond motifs is 1. The summed E-state index contributed by atoms with van der Waals surface area (Å²) in [5, 5.41) is 11.6. The largest absolute Gasteiger partial charge is 0.296 e. The van der Waals surface area contributed by atoms with Crippen molar-refractivity contribution < 1.29 is 8.42 Å². The summed E-state index contributed by atoms with van der Waals surface area (Å²) in [6, 6.07) is -0.190. The SMILES string of the molecule is CC(C)n1c(-c2cnn3ccncc23)nnc1S(=O)(=O)Cl. The van der Waals surface area contributed by atoms with Gasteiger partial charge >= 0.3 is 0 Å². The maximum atomic E-state index is 11.6. The maximum Gasteiger partial charge on any atom is 0.296 e. The minimum absolute atomic E-state index is 0.190. The quantitative estimate of drug-likeness (QED) is 0.677. The lowest BCUT2D eigenvalue weighted by molar-refractivity contribution is 0.530. The van der Waals surface area contributed by atoms with Crippen molar-refractivity contribution >= 4 is 25.2 Å². The molecule has 0 aromatic carbocycles. The van der Waals surface area contributed by atoms with Crippen LogP contribution in [0.25, 0.3) is 16.9 Å². The van der Waals surface area contributed by atoms with Crippen molar-refractivity contribution in [2.75, 3.05) is 0 Å². The van der Waals surface area contributed by atoms with Crippen LogP contribution in [0.4, 0.5) is 0 Å². The Kier molecular flexibility index (Phi) is 3.18. The Morgan fingerprint density at radius 1 is 1.24 bits per heavy atom. The van der Waals surface area contributed by atoms with Gasteiger partial charge in [0.05, 0.1) is 23.5 Å². The molecule has 8 nitrogen and oxygen atoms in total. The predicted molar refractivity (Wildman–Crippen MR) is 75.4 cm³/mol. The van der Waals surface area contributed by atoms with Crippen LogP contribution in [0.1, 0.15) is 19.9 Å². The molecular formula is C11H11ClN6O2S. The van der Waals surface area contributed by atoms with E-state index in [2.05, 4.69) is 20.3 Å². The standard InChI is InChI=1S/C11H11ClN6O2S/c1-7(2)18-10(15-16-11(18)21(12,19)20)8-5-14-17-4-3-13-6-9(8)17/h3-7H,1-2H3. The number of nitrogens with zero attached hydrogens (tertiary/aromatic N) is 6. The van der Waals surface area contributed by atoms with Gasteiger partial charge in [-0.05, 0) is 13.8 Å². The van der Waals surface area contributed by atoms with Gasteiger partial charge in [0, 0.05) is 29.1 Å². The van der Waals surface area contributed by atoms with E-state index in [-0.39, 0.29) is 11.2 Å². The summed E-state index contributed by atoms with van der Waals surface area (Å²) in [6.07, 6.45) is 6.50. The number of aromatic nitrogens is 6. The molecule has 0 N–H and O–H groups in total. The van der Waals surface area contributed by atoms with E-state index >= 15 is 0 Å². The van der Waals surface area contributed by atoms with E-state index in [1.807, 2.05) is 13.8 Å². The zero-order chi connectivity index (χ0) is 15.2. The van der Waals surface area contributed by atoms with Crippen molar-refractivity contribution in [3.63, 3.8) is 0 Å². The van der Waals surface area contributed by atoms with Gasteiger partial charge < -0.3 is 0 Å². The molecule has 3 rings (SSSR count). The minimum atomic E-state index is -3.98. The fraction of sp³-hybridized carbons (Fsp3) is 0.273. The highest BCUT2D eigenvalue weighted by Gasteiger charge is 2.26. The van der Waals surface area contributed by atoms with Crippen molar-refractivity contribution in [3.8, 4) is 11.4 Å². The normalized spacial score (nSPS) is 12.4. The lowest BCUT2D eigenvalue weighted by Gasteiger charge is -2.11. The van der Waals surface area contributed by atoms with Crippen LogP contribution >= 0.6 is 10.7 Å².